The molecule has 142 valence electrons. The van der Waals surface area contributed by atoms with Crippen LogP contribution in [0.5, 0.6) is 0 Å². The molecule has 0 aliphatic carbocycles. The monoisotopic (exact) mass is 551 g/mol. The van der Waals surface area contributed by atoms with Gasteiger partial charge in [0.2, 0.25) is 0 Å². The Morgan fingerprint density at radius 3 is 2.00 bits per heavy atom. The van der Waals surface area contributed by atoms with Crippen LogP contribution < -0.4 is 0 Å². The molecule has 0 atom stereocenters. The van der Waals surface area contributed by atoms with Gasteiger partial charge in [0.1, 0.15) is 0 Å². The van der Waals surface area contributed by atoms with E-state index in [1.165, 1.54) is 5.70 Å². The second-order valence-electron chi connectivity index (χ2n) is 7.86. The molecule has 1 rings (SSSR count). The van der Waals surface area contributed by atoms with Crippen LogP contribution in [-0.4, -0.2) is 34.8 Å². The van der Waals surface area contributed by atoms with Gasteiger partial charge in [0.25, 0.3) is 0 Å². The molecular formula is C19H34ClN2PPt. The van der Waals surface area contributed by atoms with Gasteiger partial charge >= 0.3 is 28.2 Å². The molecule has 0 bridgehead atoms. The maximum absolute atomic E-state index is 4.89. The van der Waals surface area contributed by atoms with Gasteiger partial charge in [-0.2, -0.15) is 0 Å². The van der Waals surface area contributed by atoms with Crippen molar-refractivity contribution in [3.05, 3.63) is 40.8 Å². The molecule has 0 N–H and O–H groups in total. The van der Waals surface area contributed by atoms with E-state index in [0.29, 0.717) is 10.3 Å². The average Bonchev–Trinajstić information content (AvgIpc) is 2.50. The molecule has 1 aliphatic rings. The Morgan fingerprint density at radius 2 is 1.58 bits per heavy atom. The van der Waals surface area contributed by atoms with E-state index in [2.05, 4.69) is 93.8 Å². The summed E-state index contributed by atoms with van der Waals surface area (Å²) in [5.74, 6) is 2.43. The van der Waals surface area contributed by atoms with E-state index in [-0.39, 0.29) is 7.92 Å². The molecule has 0 amide bonds. The van der Waals surface area contributed by atoms with Gasteiger partial charge in [-0.05, 0) is 23.4 Å². The van der Waals surface area contributed by atoms with Crippen LogP contribution >= 0.6 is 17.3 Å². The SMILES string of the molecule is CCN(CC)CC1=CC=C/C(=C/P(C(C)(C)C)C(C)(C)C)[N-]1.[Cl][Pt+]. The van der Waals surface area contributed by atoms with Crippen LogP contribution in [0.4, 0.5) is 0 Å². The fraction of sp³-hybridized carbons (Fsp3) is 0.684. The van der Waals surface area contributed by atoms with Crippen molar-refractivity contribution in [3.8, 4) is 0 Å². The van der Waals surface area contributed by atoms with Crippen molar-refractivity contribution < 1.29 is 18.8 Å². The van der Waals surface area contributed by atoms with Gasteiger partial charge in [0.15, 0.2) is 0 Å². The molecule has 0 unspecified atom stereocenters. The van der Waals surface area contributed by atoms with E-state index in [9.17, 15) is 0 Å². The summed E-state index contributed by atoms with van der Waals surface area (Å²) in [4.78, 5) is 2.41. The number of hydrogen-bond acceptors (Lipinski definition) is 1. The fourth-order valence-electron chi connectivity index (χ4n) is 2.86. The first-order valence-corrected chi connectivity index (χ1v) is 12.7. The van der Waals surface area contributed by atoms with Gasteiger partial charge in [-0.25, -0.2) is 0 Å². The second-order valence-corrected chi connectivity index (χ2v) is 11.5. The number of rotatable bonds is 5. The zero-order chi connectivity index (χ0) is 19.0. The molecule has 5 heteroatoms. The van der Waals surface area contributed by atoms with E-state index in [4.69, 9.17) is 5.32 Å². The first-order valence-electron chi connectivity index (χ1n) is 8.52. The topological polar surface area (TPSA) is 17.3 Å². The zero-order valence-electron chi connectivity index (χ0n) is 16.5. The number of halogens is 1. The van der Waals surface area contributed by atoms with E-state index in [1.807, 2.05) is 0 Å². The minimum absolute atomic E-state index is 0.260. The number of nitrogens with zero attached hydrogens (tertiary/aromatic N) is 2. The normalized spacial score (nSPS) is 16.9. The molecule has 0 aromatic carbocycles. The molecule has 0 saturated heterocycles. The summed E-state index contributed by atoms with van der Waals surface area (Å²) < 4.78 is 0. The summed E-state index contributed by atoms with van der Waals surface area (Å²) in [5, 5.41) is 5.49. The Morgan fingerprint density at radius 1 is 1.08 bits per heavy atom. The summed E-state index contributed by atoms with van der Waals surface area (Å²) in [6.45, 7) is 21.6. The van der Waals surface area contributed by atoms with E-state index in [0.717, 1.165) is 25.3 Å². The van der Waals surface area contributed by atoms with Crippen LogP contribution in [0.25, 0.3) is 5.32 Å². The van der Waals surface area contributed by atoms with E-state index in [1.54, 1.807) is 18.8 Å². The van der Waals surface area contributed by atoms with Gasteiger partial charge in [-0.15, -0.1) is 11.4 Å². The molecule has 0 fully saturated rings. The molecule has 0 saturated carbocycles. The van der Waals surface area contributed by atoms with E-state index < -0.39 is 0 Å². The van der Waals surface area contributed by atoms with Gasteiger partial charge in [0.05, 0.1) is 0 Å². The second kappa shape index (κ2) is 11.2. The molecule has 2 nitrogen and oxygen atoms in total. The average molecular weight is 552 g/mol. The summed E-state index contributed by atoms with van der Waals surface area (Å²) >= 11 is 1.61. The molecule has 1 aliphatic heterocycles. The van der Waals surface area contributed by atoms with Crippen molar-refractivity contribution in [2.75, 3.05) is 19.6 Å². The summed E-state index contributed by atoms with van der Waals surface area (Å²) in [6, 6.07) is 0. The Kier molecular flexibility index (Phi) is 11.4. The number of allylic oxidation sites excluding steroid dienone is 3. The standard InChI is InChI=1S/C19H34N2P.ClH.Pt/c1-9-21(10-2)14-16-12-11-13-17(20-16)15-22(18(3,4)5)19(6,7)8;;/h11-13,15H,9-10,14H2,1-8H3;1H;/q-1;;+2/p-1/b17-15-;;. The van der Waals surface area contributed by atoms with Crippen molar-refractivity contribution in [1.29, 1.82) is 0 Å². The predicted molar refractivity (Wildman–Crippen MR) is 109 cm³/mol. The van der Waals surface area contributed by atoms with Gasteiger partial charge in [-0.3, -0.25) is 0 Å². The third-order valence-corrected chi connectivity index (χ3v) is 7.23. The Labute approximate surface area is 166 Å². The minimum atomic E-state index is -0.260. The quantitative estimate of drug-likeness (QED) is 0.345. The van der Waals surface area contributed by atoms with Crippen molar-refractivity contribution in [3.63, 3.8) is 0 Å². The summed E-state index contributed by atoms with van der Waals surface area (Å²) in [7, 11) is 4.35. The molecule has 0 radical (unpaired) electrons. The first-order chi connectivity index (χ1) is 11.1. The molecular weight excluding hydrogens is 518 g/mol. The predicted octanol–water partition coefficient (Wildman–Crippen LogP) is 6.76. The summed E-state index contributed by atoms with van der Waals surface area (Å²) in [5.41, 5.74) is 2.32. The van der Waals surface area contributed by atoms with Crippen molar-refractivity contribution >= 4 is 17.3 Å². The molecule has 0 aromatic rings. The van der Waals surface area contributed by atoms with Crippen molar-refractivity contribution in [2.45, 2.75) is 65.7 Å². The molecule has 24 heavy (non-hydrogen) atoms. The van der Waals surface area contributed by atoms with Crippen LogP contribution in [0.2, 0.25) is 0 Å². The van der Waals surface area contributed by atoms with Gasteiger partial charge < -0.3 is 10.2 Å². The first kappa shape index (κ1) is 24.4. The maximum atomic E-state index is 4.89. The van der Waals surface area contributed by atoms with Gasteiger partial charge in [0, 0.05) is 6.54 Å². The van der Waals surface area contributed by atoms with Crippen LogP contribution in [0.1, 0.15) is 55.4 Å². The van der Waals surface area contributed by atoms with Crippen LogP contribution in [0.3, 0.4) is 0 Å². The Balaban J connectivity index is 0.00000254. The number of hydrogen-bond donors (Lipinski definition) is 0. The van der Waals surface area contributed by atoms with E-state index >= 15 is 0 Å². The Hall–Kier alpha value is 0.388. The Bertz CT molecular complexity index is 441. The zero-order valence-corrected chi connectivity index (χ0v) is 20.4. The van der Waals surface area contributed by atoms with Crippen LogP contribution in [0.15, 0.2) is 35.4 Å². The molecule has 0 aromatic heterocycles. The third kappa shape index (κ3) is 8.66. The third-order valence-electron chi connectivity index (χ3n) is 3.82. The summed E-state index contributed by atoms with van der Waals surface area (Å²) in [6.07, 6.45) is 6.45. The van der Waals surface area contributed by atoms with Crippen molar-refractivity contribution in [1.82, 2.24) is 4.90 Å². The van der Waals surface area contributed by atoms with Crippen LogP contribution in [-0.2, 0) is 18.8 Å². The fourth-order valence-corrected chi connectivity index (χ4v) is 6.06. The van der Waals surface area contributed by atoms with Crippen LogP contribution in [0, 0.1) is 0 Å². The van der Waals surface area contributed by atoms with Crippen molar-refractivity contribution in [2.24, 2.45) is 0 Å². The van der Waals surface area contributed by atoms with Gasteiger partial charge in [-0.1, -0.05) is 87.4 Å². The molecule has 0 spiro atoms. The number of likely N-dealkylation sites (N-methyl/N-ethyl adjacent to an activating group) is 1. The molecule has 1 heterocycles.